The van der Waals surface area contributed by atoms with Gasteiger partial charge in [0, 0.05) is 18.5 Å². The van der Waals surface area contributed by atoms with Crippen LogP contribution in [0, 0.1) is 5.41 Å². The number of carbonyl (C=O) groups is 3. The Bertz CT molecular complexity index is 1370. The van der Waals surface area contributed by atoms with Gasteiger partial charge in [-0.1, -0.05) is 17.3 Å². The summed E-state index contributed by atoms with van der Waals surface area (Å²) in [5.74, 6) is -2.48. The van der Waals surface area contributed by atoms with Gasteiger partial charge in [-0.3, -0.25) is 19.2 Å². The number of hydrogen-bond donors (Lipinski definition) is 1. The number of esters is 2. The van der Waals surface area contributed by atoms with Gasteiger partial charge in [0.15, 0.2) is 11.2 Å². The van der Waals surface area contributed by atoms with Gasteiger partial charge in [0.2, 0.25) is 0 Å². The Morgan fingerprint density at radius 1 is 0.868 bits per heavy atom. The van der Waals surface area contributed by atoms with Crippen LogP contribution in [0.3, 0.4) is 0 Å². The summed E-state index contributed by atoms with van der Waals surface area (Å²) in [6.45, 7) is 9.66. The summed E-state index contributed by atoms with van der Waals surface area (Å²) in [5.41, 5.74) is -3.93. The molecule has 0 unspecified atom stereocenters. The maximum Gasteiger partial charge on any atom is 0.324 e. The summed E-state index contributed by atoms with van der Waals surface area (Å²) in [6, 6.07) is 12.1. The normalized spacial score (nSPS) is 12.3. The quantitative estimate of drug-likeness (QED) is 0.265. The molecule has 0 saturated carbocycles. The highest BCUT2D eigenvalue weighted by Gasteiger charge is 2.52. The number of carbonyl (C=O) groups excluding carboxylic acids is 3. The number of phenolic OH excluding ortho intramolecular Hbond substituents is 1. The molecule has 10 nitrogen and oxygen atoms in total. The number of aryl methyl sites for hydroxylation is 1. The molecule has 2 aromatic carbocycles. The fourth-order valence-corrected chi connectivity index (χ4v) is 3.76. The first-order chi connectivity index (χ1) is 17.6. The Morgan fingerprint density at radius 3 is 1.97 bits per heavy atom. The third kappa shape index (κ3) is 6.81. The predicted molar refractivity (Wildman–Crippen MR) is 140 cm³/mol. The second kappa shape index (κ2) is 10.7. The maximum absolute atomic E-state index is 13.7. The van der Waals surface area contributed by atoms with Crippen molar-refractivity contribution in [2.45, 2.75) is 72.1 Å². The minimum absolute atomic E-state index is 0.0404. The number of aromatic hydroxyl groups is 1. The van der Waals surface area contributed by atoms with Crippen LogP contribution in [0.25, 0.3) is 10.9 Å². The first kappa shape index (κ1) is 28.5. The van der Waals surface area contributed by atoms with Crippen molar-refractivity contribution in [3.63, 3.8) is 0 Å². The van der Waals surface area contributed by atoms with Gasteiger partial charge in [0.1, 0.15) is 22.5 Å². The number of hydrogen-bond acceptors (Lipinski definition) is 9. The molecule has 0 spiro atoms. The number of rotatable bonds is 8. The van der Waals surface area contributed by atoms with Crippen molar-refractivity contribution in [3.8, 4) is 5.75 Å². The molecule has 0 aliphatic heterocycles. The first-order valence-corrected chi connectivity index (χ1v) is 12.2. The van der Waals surface area contributed by atoms with E-state index in [2.05, 4.69) is 10.3 Å². The van der Waals surface area contributed by atoms with E-state index < -0.39 is 46.3 Å². The summed E-state index contributed by atoms with van der Waals surface area (Å²) in [5, 5.41) is 18.0. The van der Waals surface area contributed by atoms with Crippen LogP contribution in [0.5, 0.6) is 5.75 Å². The van der Waals surface area contributed by atoms with Gasteiger partial charge in [-0.15, -0.1) is 5.10 Å². The smallest absolute Gasteiger partial charge is 0.324 e. The van der Waals surface area contributed by atoms with Crippen LogP contribution in [0.15, 0.2) is 53.3 Å². The lowest BCUT2D eigenvalue weighted by atomic mass is 9.78. The molecule has 0 saturated heterocycles. The molecule has 0 bridgehead atoms. The highest BCUT2D eigenvalue weighted by molar-refractivity contribution is 6.07. The third-order valence-corrected chi connectivity index (χ3v) is 5.61. The van der Waals surface area contributed by atoms with E-state index in [1.165, 1.54) is 24.3 Å². The first-order valence-electron chi connectivity index (χ1n) is 12.2. The molecule has 3 aromatic rings. The van der Waals surface area contributed by atoms with Crippen molar-refractivity contribution in [2.75, 3.05) is 0 Å². The van der Waals surface area contributed by atoms with E-state index in [0.717, 1.165) is 4.68 Å². The standard InChI is InChI=1S/C28H33N3O7/c1-26(2,3)37-24(35)28(25(36)38-27(4,5)6,17-22(33)18-11-13-19(32)14-12-18)15-16-31-23(34)20-9-7-8-10-21(20)29-30-31/h7-14,32H,15-17H2,1-6H3. The maximum atomic E-state index is 13.7. The molecule has 3 rings (SSSR count). The summed E-state index contributed by atoms with van der Waals surface area (Å²) in [4.78, 5) is 53.8. The van der Waals surface area contributed by atoms with Crippen LogP contribution >= 0.6 is 0 Å². The number of Topliss-reactive ketones (excluding diaryl/α,β-unsaturated/α-hetero) is 1. The van der Waals surface area contributed by atoms with Gasteiger partial charge in [0.25, 0.3) is 5.56 Å². The second-order valence-electron chi connectivity index (χ2n) is 11.1. The van der Waals surface area contributed by atoms with Crippen LogP contribution in [-0.4, -0.2) is 49.0 Å². The van der Waals surface area contributed by atoms with Crippen LogP contribution in [0.2, 0.25) is 0 Å². The molecule has 38 heavy (non-hydrogen) atoms. The number of ketones is 1. The Morgan fingerprint density at radius 2 is 1.42 bits per heavy atom. The molecule has 1 aromatic heterocycles. The molecule has 10 heteroatoms. The fourth-order valence-electron chi connectivity index (χ4n) is 3.76. The van der Waals surface area contributed by atoms with E-state index in [-0.39, 0.29) is 24.3 Å². The average molecular weight is 524 g/mol. The van der Waals surface area contributed by atoms with Gasteiger partial charge in [-0.2, -0.15) is 0 Å². The van der Waals surface area contributed by atoms with Crippen molar-refractivity contribution >= 4 is 28.6 Å². The van der Waals surface area contributed by atoms with Gasteiger partial charge in [-0.25, -0.2) is 4.68 Å². The minimum atomic E-state index is -2.09. The minimum Gasteiger partial charge on any atom is -0.508 e. The number of ether oxygens (including phenoxy) is 2. The highest BCUT2D eigenvalue weighted by atomic mass is 16.6. The summed E-state index contributed by atoms with van der Waals surface area (Å²) < 4.78 is 12.3. The summed E-state index contributed by atoms with van der Waals surface area (Å²) >= 11 is 0. The van der Waals surface area contributed by atoms with Crippen molar-refractivity contribution in [3.05, 3.63) is 64.4 Å². The molecule has 1 N–H and O–H groups in total. The van der Waals surface area contributed by atoms with Crippen molar-refractivity contribution in [1.29, 1.82) is 0 Å². The van der Waals surface area contributed by atoms with E-state index in [9.17, 15) is 24.3 Å². The number of fused-ring (bicyclic) bond motifs is 1. The van der Waals surface area contributed by atoms with Gasteiger partial charge >= 0.3 is 11.9 Å². The largest absolute Gasteiger partial charge is 0.508 e. The molecule has 0 fully saturated rings. The zero-order valence-corrected chi connectivity index (χ0v) is 22.5. The summed E-state index contributed by atoms with van der Waals surface area (Å²) in [7, 11) is 0. The Balaban J connectivity index is 2.09. The Kier molecular flexibility index (Phi) is 8.04. The van der Waals surface area contributed by atoms with E-state index in [1.54, 1.807) is 65.8 Å². The molecule has 0 aliphatic rings. The lowest BCUT2D eigenvalue weighted by Crippen LogP contribution is -2.49. The lowest BCUT2D eigenvalue weighted by Gasteiger charge is -2.34. The number of nitrogens with zero attached hydrogens (tertiary/aromatic N) is 3. The molecule has 0 aliphatic carbocycles. The molecule has 0 amide bonds. The molecule has 0 atom stereocenters. The van der Waals surface area contributed by atoms with Crippen molar-refractivity contribution in [1.82, 2.24) is 15.0 Å². The SMILES string of the molecule is CC(C)(C)OC(=O)C(CCn1nnc2ccccc2c1=O)(CC(=O)c1ccc(O)cc1)C(=O)OC(C)(C)C. The molecule has 202 valence electrons. The zero-order chi connectivity index (χ0) is 28.3. The predicted octanol–water partition coefficient (Wildman–Crippen LogP) is 3.83. The Labute approximate surface area is 220 Å². The Hall–Kier alpha value is -4.08. The highest BCUT2D eigenvalue weighted by Crippen LogP contribution is 2.36. The van der Waals surface area contributed by atoms with Crippen LogP contribution in [0.4, 0.5) is 0 Å². The third-order valence-electron chi connectivity index (χ3n) is 5.61. The average Bonchev–Trinajstić information content (AvgIpc) is 2.81. The number of benzene rings is 2. The van der Waals surface area contributed by atoms with Gasteiger partial charge in [0.05, 0.1) is 5.39 Å². The van der Waals surface area contributed by atoms with Gasteiger partial charge in [-0.05, 0) is 84.4 Å². The summed E-state index contributed by atoms with van der Waals surface area (Å²) in [6.07, 6.45) is -0.898. The van der Waals surface area contributed by atoms with E-state index in [1.807, 2.05) is 0 Å². The number of phenols is 1. The molecule has 1 heterocycles. The lowest BCUT2D eigenvalue weighted by molar-refractivity contribution is -0.186. The second-order valence-corrected chi connectivity index (χ2v) is 11.1. The molecular formula is C28H33N3O7. The number of aromatic nitrogens is 3. The zero-order valence-electron chi connectivity index (χ0n) is 22.5. The van der Waals surface area contributed by atoms with Gasteiger partial charge < -0.3 is 14.6 Å². The molecule has 0 radical (unpaired) electrons. The van der Waals surface area contributed by atoms with Crippen molar-refractivity contribution < 1.29 is 29.0 Å². The monoisotopic (exact) mass is 523 g/mol. The topological polar surface area (TPSA) is 138 Å². The van der Waals surface area contributed by atoms with E-state index in [4.69, 9.17) is 9.47 Å². The fraction of sp³-hybridized carbons (Fsp3) is 0.429. The van der Waals surface area contributed by atoms with Crippen LogP contribution in [0.1, 0.15) is 64.7 Å². The van der Waals surface area contributed by atoms with Crippen molar-refractivity contribution in [2.24, 2.45) is 5.41 Å². The van der Waals surface area contributed by atoms with E-state index >= 15 is 0 Å². The van der Waals surface area contributed by atoms with Crippen LogP contribution < -0.4 is 5.56 Å². The van der Waals surface area contributed by atoms with E-state index in [0.29, 0.717) is 10.9 Å². The van der Waals surface area contributed by atoms with Crippen LogP contribution in [-0.2, 0) is 25.6 Å². The molecular weight excluding hydrogens is 490 g/mol.